The summed E-state index contributed by atoms with van der Waals surface area (Å²) in [6.45, 7) is 5.60. The minimum Gasteiger partial charge on any atom is -0.280 e. The Labute approximate surface area is 65.3 Å². The van der Waals surface area contributed by atoms with E-state index >= 15 is 0 Å². The number of alkyl halides is 1. The zero-order valence-corrected chi connectivity index (χ0v) is 7.25. The van der Waals surface area contributed by atoms with Crippen molar-refractivity contribution in [2.24, 2.45) is 5.41 Å². The van der Waals surface area contributed by atoms with Gasteiger partial charge in [-0.25, -0.2) is 0 Å². The lowest BCUT2D eigenvalue weighted by molar-refractivity contribution is -0.112. The average molecular weight is 169 g/mol. The molecule has 1 atom stereocenters. The third-order valence-electron chi connectivity index (χ3n) is 0.960. The van der Waals surface area contributed by atoms with Crippen molar-refractivity contribution < 1.29 is 4.79 Å². The molecular formula is C6H10Cl2O. The molecule has 0 aliphatic rings. The van der Waals surface area contributed by atoms with E-state index in [9.17, 15) is 4.79 Å². The maximum atomic E-state index is 10.4. The predicted molar refractivity (Wildman–Crippen MR) is 40.0 cm³/mol. The second-order valence-electron chi connectivity index (χ2n) is 3.03. The third-order valence-corrected chi connectivity index (χ3v) is 2.14. The van der Waals surface area contributed by atoms with Gasteiger partial charge in [0.25, 0.3) is 0 Å². The molecular weight excluding hydrogens is 159 g/mol. The lowest BCUT2D eigenvalue weighted by Gasteiger charge is -2.20. The van der Waals surface area contributed by atoms with E-state index in [-0.39, 0.29) is 5.41 Å². The number of rotatable bonds is 1. The molecule has 0 saturated carbocycles. The topological polar surface area (TPSA) is 17.1 Å². The molecule has 0 radical (unpaired) electrons. The smallest absolute Gasteiger partial charge is 0.240 e. The highest BCUT2D eigenvalue weighted by molar-refractivity contribution is 6.69. The van der Waals surface area contributed by atoms with Crippen LogP contribution in [0.1, 0.15) is 20.8 Å². The molecule has 0 aromatic heterocycles. The molecule has 0 heterocycles. The fraction of sp³-hybridized carbons (Fsp3) is 0.833. The standard InChI is InChI=1S/C6H10Cl2O/c1-6(2,3)4(7)5(8)9/h4H,1-3H3/t4-/m1/s1. The lowest BCUT2D eigenvalue weighted by atomic mass is 9.93. The second kappa shape index (κ2) is 2.89. The van der Waals surface area contributed by atoms with E-state index in [1.807, 2.05) is 20.8 Å². The van der Waals surface area contributed by atoms with Crippen molar-refractivity contribution in [3.05, 3.63) is 0 Å². The minimum atomic E-state index is -0.584. The molecule has 0 aromatic carbocycles. The zero-order chi connectivity index (χ0) is 7.65. The molecule has 0 N–H and O–H groups in total. The van der Waals surface area contributed by atoms with Crippen LogP contribution in [0.25, 0.3) is 0 Å². The number of halogens is 2. The first kappa shape index (κ1) is 9.25. The van der Waals surface area contributed by atoms with Gasteiger partial charge in [0, 0.05) is 0 Å². The first-order chi connectivity index (χ1) is 3.85. The summed E-state index contributed by atoms with van der Waals surface area (Å²) in [7, 11) is 0. The van der Waals surface area contributed by atoms with Gasteiger partial charge < -0.3 is 0 Å². The summed E-state index contributed by atoms with van der Waals surface area (Å²) in [5.74, 6) is 0. The van der Waals surface area contributed by atoms with E-state index < -0.39 is 10.6 Å². The summed E-state index contributed by atoms with van der Waals surface area (Å²) in [4.78, 5) is 10.4. The lowest BCUT2D eigenvalue weighted by Crippen LogP contribution is -2.25. The molecule has 9 heavy (non-hydrogen) atoms. The van der Waals surface area contributed by atoms with E-state index in [2.05, 4.69) is 0 Å². The molecule has 0 aromatic rings. The highest BCUT2D eigenvalue weighted by Gasteiger charge is 2.27. The Bertz CT molecular complexity index is 115. The molecule has 1 nitrogen and oxygen atoms in total. The number of hydrogen-bond acceptors (Lipinski definition) is 1. The number of carbonyl (C=O) groups excluding carboxylic acids is 1. The van der Waals surface area contributed by atoms with E-state index in [1.165, 1.54) is 0 Å². The van der Waals surface area contributed by atoms with E-state index in [1.54, 1.807) is 0 Å². The fourth-order valence-electron chi connectivity index (χ4n) is 0.340. The van der Waals surface area contributed by atoms with Gasteiger partial charge >= 0.3 is 0 Å². The van der Waals surface area contributed by atoms with Gasteiger partial charge in [-0.15, -0.1) is 11.6 Å². The van der Waals surface area contributed by atoms with Crippen LogP contribution < -0.4 is 0 Å². The third kappa shape index (κ3) is 3.07. The van der Waals surface area contributed by atoms with Crippen molar-refractivity contribution in [3.63, 3.8) is 0 Å². The Hall–Kier alpha value is 0.250. The summed E-state index contributed by atoms with van der Waals surface area (Å²) in [6.07, 6.45) is 0. The Balaban J connectivity index is 4.04. The van der Waals surface area contributed by atoms with Crippen LogP contribution in [0.2, 0.25) is 0 Å². The SMILES string of the molecule is CC(C)(C)[C@H](Cl)C(=O)Cl. The highest BCUT2D eigenvalue weighted by atomic mass is 35.5. The average Bonchev–Trinajstić information content (AvgIpc) is 1.62. The molecule has 0 spiro atoms. The first-order valence-corrected chi connectivity index (χ1v) is 3.50. The van der Waals surface area contributed by atoms with E-state index in [0.29, 0.717) is 0 Å². The van der Waals surface area contributed by atoms with Crippen LogP contribution in [0.3, 0.4) is 0 Å². The Morgan fingerprint density at radius 1 is 1.44 bits per heavy atom. The van der Waals surface area contributed by atoms with Crippen LogP contribution in [-0.4, -0.2) is 10.6 Å². The van der Waals surface area contributed by atoms with Crippen LogP contribution in [0.4, 0.5) is 0 Å². The highest BCUT2D eigenvalue weighted by Crippen LogP contribution is 2.25. The largest absolute Gasteiger partial charge is 0.280 e. The number of hydrogen-bond donors (Lipinski definition) is 0. The van der Waals surface area contributed by atoms with Crippen LogP contribution >= 0.6 is 23.2 Å². The van der Waals surface area contributed by atoms with Gasteiger partial charge in [-0.05, 0) is 17.0 Å². The normalized spacial score (nSPS) is 15.2. The van der Waals surface area contributed by atoms with Crippen molar-refractivity contribution in [3.8, 4) is 0 Å². The van der Waals surface area contributed by atoms with Crippen LogP contribution in [0.15, 0.2) is 0 Å². The first-order valence-electron chi connectivity index (χ1n) is 2.69. The predicted octanol–water partition coefficient (Wildman–Crippen LogP) is 2.41. The summed E-state index contributed by atoms with van der Waals surface area (Å²) < 4.78 is 0. The minimum absolute atomic E-state index is 0.236. The molecule has 0 aliphatic carbocycles. The van der Waals surface area contributed by atoms with Crippen LogP contribution in [0.5, 0.6) is 0 Å². The Kier molecular flexibility index (Phi) is 2.97. The van der Waals surface area contributed by atoms with Crippen molar-refractivity contribution in [2.75, 3.05) is 0 Å². The van der Waals surface area contributed by atoms with Crippen molar-refractivity contribution in [2.45, 2.75) is 26.1 Å². The molecule has 54 valence electrons. The molecule has 0 bridgehead atoms. The molecule has 3 heteroatoms. The van der Waals surface area contributed by atoms with Gasteiger partial charge in [0.15, 0.2) is 0 Å². The van der Waals surface area contributed by atoms with E-state index in [0.717, 1.165) is 0 Å². The Morgan fingerprint density at radius 2 is 1.78 bits per heavy atom. The summed E-state index contributed by atoms with van der Waals surface area (Å²) in [6, 6.07) is 0. The van der Waals surface area contributed by atoms with Crippen molar-refractivity contribution >= 4 is 28.4 Å². The van der Waals surface area contributed by atoms with Crippen molar-refractivity contribution in [1.29, 1.82) is 0 Å². The fourth-order valence-corrected chi connectivity index (χ4v) is 0.668. The van der Waals surface area contributed by atoms with Gasteiger partial charge in [-0.2, -0.15) is 0 Å². The maximum absolute atomic E-state index is 10.4. The maximum Gasteiger partial charge on any atom is 0.240 e. The van der Waals surface area contributed by atoms with E-state index in [4.69, 9.17) is 23.2 Å². The van der Waals surface area contributed by atoms with Crippen molar-refractivity contribution in [1.82, 2.24) is 0 Å². The molecule has 0 aliphatic heterocycles. The molecule has 0 saturated heterocycles. The molecule has 0 rings (SSSR count). The molecule has 0 unspecified atom stereocenters. The second-order valence-corrected chi connectivity index (χ2v) is 3.84. The van der Waals surface area contributed by atoms with Gasteiger partial charge in [0.05, 0.1) is 0 Å². The van der Waals surface area contributed by atoms with Crippen LogP contribution in [0, 0.1) is 5.41 Å². The quantitative estimate of drug-likeness (QED) is 0.435. The number of carbonyl (C=O) groups is 1. The van der Waals surface area contributed by atoms with Gasteiger partial charge in [-0.3, -0.25) is 4.79 Å². The zero-order valence-electron chi connectivity index (χ0n) is 5.74. The molecule has 0 amide bonds. The van der Waals surface area contributed by atoms with Gasteiger partial charge in [-0.1, -0.05) is 20.8 Å². The summed E-state index contributed by atoms with van der Waals surface area (Å²) in [5, 5.41) is -1.07. The van der Waals surface area contributed by atoms with Gasteiger partial charge in [0.2, 0.25) is 5.24 Å². The Morgan fingerprint density at radius 3 is 1.78 bits per heavy atom. The van der Waals surface area contributed by atoms with Crippen LogP contribution in [-0.2, 0) is 4.79 Å². The summed E-state index contributed by atoms with van der Waals surface area (Å²) >= 11 is 10.8. The van der Waals surface area contributed by atoms with Gasteiger partial charge in [0.1, 0.15) is 5.38 Å². The molecule has 0 fully saturated rings. The summed E-state index contributed by atoms with van der Waals surface area (Å²) in [5.41, 5.74) is -0.236. The monoisotopic (exact) mass is 168 g/mol.